The fraction of sp³-hybridized carbons (Fsp3) is 0.667. The molecule has 37 heavy (non-hydrogen) atoms. The lowest BCUT2D eigenvalue weighted by molar-refractivity contribution is -0.121. The Bertz CT molecular complexity index is 1310. The van der Waals surface area contributed by atoms with Gasteiger partial charge in [0, 0.05) is 43.2 Å². The molecule has 2 N–H and O–H groups in total. The molecule has 2 aliphatic carbocycles. The monoisotopic (exact) mass is 547 g/mol. The van der Waals surface area contributed by atoms with E-state index in [1.807, 2.05) is 18.1 Å². The SMILES string of the molecule is CSn1cc(S(=O)(=O)N2CC[C@H](Nc3ncc4c(n3)N(C3CCC[C@@H](O)C3)C(=O)C43CC3)[C@@H](C)C2)cn1. The third-order valence-corrected chi connectivity index (χ3v) is 10.8. The molecule has 13 heteroatoms. The molecule has 4 aliphatic rings. The molecule has 0 bridgehead atoms. The van der Waals surface area contributed by atoms with Gasteiger partial charge in [0.1, 0.15) is 10.7 Å². The molecule has 0 aromatic carbocycles. The predicted octanol–water partition coefficient (Wildman–Crippen LogP) is 1.99. The van der Waals surface area contributed by atoms with Crippen molar-refractivity contribution in [2.75, 3.05) is 29.6 Å². The Hall–Kier alpha value is -2.22. The van der Waals surface area contributed by atoms with Crippen molar-refractivity contribution in [2.45, 2.75) is 80.4 Å². The standard InChI is InChI=1S/C24H33N7O4S2/c1-15-13-29(37(34,35)18-11-26-30(14-18)36-2)9-6-20(15)27-23-25-12-19-21(28-23)31(22(33)24(19)7-8-24)16-4-3-5-17(32)10-16/h11-12,14-17,20,32H,3-10,13H2,1-2H3,(H,25,27,28)/t15-,16?,17+,20-/m0/s1. The van der Waals surface area contributed by atoms with Crippen molar-refractivity contribution in [3.05, 3.63) is 24.2 Å². The topological polar surface area (TPSA) is 134 Å². The Kier molecular flexibility index (Phi) is 6.24. The highest BCUT2D eigenvalue weighted by atomic mass is 32.2. The minimum Gasteiger partial charge on any atom is -0.393 e. The normalized spacial score (nSPS) is 29.5. The van der Waals surface area contributed by atoms with Gasteiger partial charge in [-0.05, 0) is 62.8 Å². The number of hydrogen-bond donors (Lipinski definition) is 2. The average molecular weight is 548 g/mol. The molecule has 3 fully saturated rings. The van der Waals surface area contributed by atoms with E-state index in [1.54, 1.807) is 12.4 Å². The molecule has 1 saturated heterocycles. The molecule has 0 radical (unpaired) electrons. The fourth-order valence-electron chi connectivity index (χ4n) is 6.10. The molecule has 1 amide bonds. The molecule has 4 heterocycles. The highest BCUT2D eigenvalue weighted by Gasteiger charge is 2.61. The van der Waals surface area contributed by atoms with Crippen LogP contribution in [0.3, 0.4) is 0 Å². The van der Waals surface area contributed by atoms with Gasteiger partial charge in [0.25, 0.3) is 0 Å². The first-order valence-corrected chi connectivity index (χ1v) is 15.6. The Labute approximate surface area is 221 Å². The molecule has 11 nitrogen and oxygen atoms in total. The number of nitrogens with zero attached hydrogens (tertiary/aromatic N) is 6. The van der Waals surface area contributed by atoms with Gasteiger partial charge < -0.3 is 10.4 Å². The maximum absolute atomic E-state index is 13.5. The van der Waals surface area contributed by atoms with Crippen molar-refractivity contribution >= 4 is 39.6 Å². The minimum absolute atomic E-state index is 0.00429. The molecule has 1 spiro atoms. The summed E-state index contributed by atoms with van der Waals surface area (Å²) in [6.45, 7) is 2.78. The van der Waals surface area contributed by atoms with Gasteiger partial charge in [-0.3, -0.25) is 9.69 Å². The molecule has 2 aromatic rings. The number of fused-ring (bicyclic) bond motifs is 2. The van der Waals surface area contributed by atoms with E-state index in [0.717, 1.165) is 37.7 Å². The summed E-state index contributed by atoms with van der Waals surface area (Å²) in [5.74, 6) is 1.26. The van der Waals surface area contributed by atoms with E-state index in [9.17, 15) is 18.3 Å². The van der Waals surface area contributed by atoms with Gasteiger partial charge in [-0.15, -0.1) is 0 Å². The fourth-order valence-corrected chi connectivity index (χ4v) is 8.02. The summed E-state index contributed by atoms with van der Waals surface area (Å²) in [4.78, 5) is 24.9. The Morgan fingerprint density at radius 1 is 1.22 bits per heavy atom. The number of amides is 1. The van der Waals surface area contributed by atoms with E-state index < -0.39 is 15.4 Å². The first-order chi connectivity index (χ1) is 17.7. The van der Waals surface area contributed by atoms with Crippen LogP contribution in [0.5, 0.6) is 0 Å². The van der Waals surface area contributed by atoms with Crippen LogP contribution < -0.4 is 10.2 Å². The van der Waals surface area contributed by atoms with Crippen molar-refractivity contribution in [3.63, 3.8) is 0 Å². The van der Waals surface area contributed by atoms with Crippen LogP contribution in [0, 0.1) is 5.92 Å². The lowest BCUT2D eigenvalue weighted by atomic mass is 9.92. The summed E-state index contributed by atoms with van der Waals surface area (Å²) in [7, 11) is -3.61. The summed E-state index contributed by atoms with van der Waals surface area (Å²) in [6, 6.07) is -0.0454. The largest absolute Gasteiger partial charge is 0.393 e. The average Bonchev–Trinajstić information content (AvgIpc) is 3.46. The van der Waals surface area contributed by atoms with Crippen molar-refractivity contribution in [2.24, 2.45) is 5.92 Å². The third kappa shape index (κ3) is 4.23. The highest BCUT2D eigenvalue weighted by Crippen LogP contribution is 2.57. The van der Waals surface area contributed by atoms with Gasteiger partial charge in [-0.2, -0.15) is 14.4 Å². The summed E-state index contributed by atoms with van der Waals surface area (Å²) in [6.07, 6.45) is 11.5. The van der Waals surface area contributed by atoms with Crippen LogP contribution in [-0.2, 0) is 20.2 Å². The second kappa shape index (κ2) is 9.21. The quantitative estimate of drug-likeness (QED) is 0.557. The Balaban J connectivity index is 1.18. The zero-order valence-electron chi connectivity index (χ0n) is 21.1. The van der Waals surface area contributed by atoms with Crippen LogP contribution in [0.1, 0.15) is 57.4 Å². The summed E-state index contributed by atoms with van der Waals surface area (Å²) in [5, 5.41) is 17.8. The summed E-state index contributed by atoms with van der Waals surface area (Å²) < 4.78 is 29.3. The number of nitrogens with one attached hydrogen (secondary N) is 1. The number of anilines is 2. The molecule has 6 rings (SSSR count). The number of rotatable bonds is 6. The van der Waals surface area contributed by atoms with Crippen LogP contribution in [0.4, 0.5) is 11.8 Å². The molecule has 2 aliphatic heterocycles. The smallest absolute Gasteiger partial charge is 0.246 e. The molecule has 2 aromatic heterocycles. The lowest BCUT2D eigenvalue weighted by Gasteiger charge is -2.36. The zero-order chi connectivity index (χ0) is 25.9. The van der Waals surface area contributed by atoms with E-state index in [1.165, 1.54) is 26.5 Å². The molecule has 200 valence electrons. The van der Waals surface area contributed by atoms with Crippen molar-refractivity contribution in [3.8, 4) is 0 Å². The van der Waals surface area contributed by atoms with E-state index in [-0.39, 0.29) is 34.9 Å². The first-order valence-electron chi connectivity index (χ1n) is 13.0. The number of sulfonamides is 1. The highest BCUT2D eigenvalue weighted by molar-refractivity contribution is 7.97. The van der Waals surface area contributed by atoms with Crippen LogP contribution in [0.15, 0.2) is 23.5 Å². The molecular formula is C24H33N7O4S2. The molecular weight excluding hydrogens is 514 g/mol. The summed E-state index contributed by atoms with van der Waals surface area (Å²) in [5.41, 5.74) is 0.427. The second-order valence-corrected chi connectivity index (χ2v) is 13.5. The minimum atomic E-state index is -3.61. The maximum Gasteiger partial charge on any atom is 0.246 e. The van der Waals surface area contributed by atoms with Gasteiger partial charge in [0.2, 0.25) is 21.9 Å². The lowest BCUT2D eigenvalue weighted by Crippen LogP contribution is -2.47. The van der Waals surface area contributed by atoms with Crippen LogP contribution in [0.25, 0.3) is 0 Å². The van der Waals surface area contributed by atoms with Gasteiger partial charge >= 0.3 is 0 Å². The second-order valence-electron chi connectivity index (χ2n) is 10.8. The van der Waals surface area contributed by atoms with E-state index in [2.05, 4.69) is 15.4 Å². The molecule has 2 saturated carbocycles. The number of piperidine rings is 1. The number of hydrogen-bond acceptors (Lipinski definition) is 9. The molecule has 4 atom stereocenters. The third-order valence-electron chi connectivity index (χ3n) is 8.42. The van der Waals surface area contributed by atoms with Crippen LogP contribution >= 0.6 is 11.9 Å². The number of aromatic nitrogens is 4. The van der Waals surface area contributed by atoms with Crippen LogP contribution in [0.2, 0.25) is 0 Å². The summed E-state index contributed by atoms with van der Waals surface area (Å²) >= 11 is 1.34. The first kappa shape index (κ1) is 25.1. The van der Waals surface area contributed by atoms with Gasteiger partial charge in [0.05, 0.1) is 23.9 Å². The van der Waals surface area contributed by atoms with E-state index >= 15 is 0 Å². The van der Waals surface area contributed by atoms with Gasteiger partial charge in [0.15, 0.2) is 0 Å². The maximum atomic E-state index is 13.5. The van der Waals surface area contributed by atoms with E-state index in [0.29, 0.717) is 37.7 Å². The van der Waals surface area contributed by atoms with Crippen molar-refractivity contribution < 1.29 is 18.3 Å². The zero-order valence-corrected chi connectivity index (χ0v) is 22.7. The van der Waals surface area contributed by atoms with Gasteiger partial charge in [-0.25, -0.2) is 17.5 Å². The Morgan fingerprint density at radius 3 is 2.70 bits per heavy atom. The predicted molar refractivity (Wildman–Crippen MR) is 140 cm³/mol. The number of carbonyl (C=O) groups excluding carboxylic acids is 1. The van der Waals surface area contributed by atoms with Gasteiger partial charge in [-0.1, -0.05) is 6.92 Å². The Morgan fingerprint density at radius 2 is 2.03 bits per heavy atom. The van der Waals surface area contributed by atoms with Crippen molar-refractivity contribution in [1.82, 2.24) is 23.5 Å². The van der Waals surface area contributed by atoms with Crippen LogP contribution in [-0.4, -0.2) is 80.4 Å². The van der Waals surface area contributed by atoms with Crippen molar-refractivity contribution in [1.29, 1.82) is 0 Å². The number of aliphatic hydroxyl groups is 1. The number of aliphatic hydroxyl groups excluding tert-OH is 1. The molecule has 1 unspecified atom stereocenters. The van der Waals surface area contributed by atoms with E-state index in [4.69, 9.17) is 4.98 Å². The number of carbonyl (C=O) groups is 1.